The second kappa shape index (κ2) is 4.40. The predicted octanol–water partition coefficient (Wildman–Crippen LogP) is 0.827. The van der Waals surface area contributed by atoms with Crippen molar-refractivity contribution in [3.05, 3.63) is 41.7 Å². The van der Waals surface area contributed by atoms with Crippen LogP contribution in [0, 0.1) is 6.92 Å². The highest BCUT2D eigenvalue weighted by Crippen LogP contribution is 2.15. The molecule has 2 aromatic heterocycles. The number of nitrogens with zero attached hydrogens (tertiary/aromatic N) is 4. The van der Waals surface area contributed by atoms with Gasteiger partial charge in [-0.15, -0.1) is 0 Å². The molecule has 0 aliphatic rings. The van der Waals surface area contributed by atoms with E-state index < -0.39 is 0 Å². The lowest BCUT2D eigenvalue weighted by Gasteiger charge is -2.11. The van der Waals surface area contributed by atoms with Crippen LogP contribution < -0.4 is 5.32 Å². The van der Waals surface area contributed by atoms with Gasteiger partial charge < -0.3 is 5.32 Å². The van der Waals surface area contributed by atoms with E-state index in [1.165, 1.54) is 0 Å². The molecule has 1 N–H and O–H groups in total. The molecule has 0 spiro atoms. The Hall–Kier alpha value is -1.75. The summed E-state index contributed by atoms with van der Waals surface area (Å²) in [6, 6.07) is 1.91. The lowest BCUT2D eigenvalue weighted by atomic mass is 10.2. The fourth-order valence-corrected chi connectivity index (χ4v) is 1.55. The molecular weight excluding hydrogens is 202 g/mol. The number of nitrogens with one attached hydrogen (secondary N) is 1. The van der Waals surface area contributed by atoms with E-state index >= 15 is 0 Å². The molecule has 84 valence electrons. The Labute approximate surface area is 94.5 Å². The normalized spacial score (nSPS) is 12.7. The molecule has 2 rings (SSSR count). The number of hydrogen-bond donors (Lipinski definition) is 1. The summed E-state index contributed by atoms with van der Waals surface area (Å²) in [5.41, 5.74) is 1.98. The van der Waals surface area contributed by atoms with E-state index in [0.29, 0.717) is 0 Å². The first-order valence-electron chi connectivity index (χ1n) is 5.16. The highest BCUT2D eigenvalue weighted by molar-refractivity contribution is 5.16. The molecule has 16 heavy (non-hydrogen) atoms. The molecule has 0 saturated carbocycles. The quantitative estimate of drug-likeness (QED) is 0.827. The van der Waals surface area contributed by atoms with Gasteiger partial charge in [-0.2, -0.15) is 5.10 Å². The van der Waals surface area contributed by atoms with Crippen LogP contribution in [0.3, 0.4) is 0 Å². The van der Waals surface area contributed by atoms with Gasteiger partial charge in [0, 0.05) is 25.6 Å². The van der Waals surface area contributed by atoms with Gasteiger partial charge in [0.05, 0.1) is 5.69 Å². The number of aromatic nitrogens is 4. The van der Waals surface area contributed by atoms with Crippen LogP contribution in [0.25, 0.3) is 0 Å². The lowest BCUT2D eigenvalue weighted by Crippen LogP contribution is -2.21. The highest BCUT2D eigenvalue weighted by Gasteiger charge is 2.16. The Balaban J connectivity index is 2.32. The van der Waals surface area contributed by atoms with Crippen LogP contribution >= 0.6 is 0 Å². The van der Waals surface area contributed by atoms with E-state index in [0.717, 1.165) is 17.1 Å². The summed E-state index contributed by atoms with van der Waals surface area (Å²) in [5.74, 6) is 0.742. The molecule has 0 aliphatic heterocycles. The highest BCUT2D eigenvalue weighted by atomic mass is 15.3. The third-order valence-corrected chi connectivity index (χ3v) is 2.38. The van der Waals surface area contributed by atoms with Gasteiger partial charge in [0.25, 0.3) is 0 Å². The predicted molar refractivity (Wildman–Crippen MR) is 60.9 cm³/mol. The summed E-state index contributed by atoms with van der Waals surface area (Å²) in [6.45, 7) is 1.97. The fraction of sp³-hybridized carbons (Fsp3) is 0.364. The molecule has 1 atom stereocenters. The van der Waals surface area contributed by atoms with Gasteiger partial charge in [-0.05, 0) is 25.6 Å². The molecule has 0 bridgehead atoms. The van der Waals surface area contributed by atoms with Gasteiger partial charge in [0.2, 0.25) is 0 Å². The minimum Gasteiger partial charge on any atom is -0.305 e. The van der Waals surface area contributed by atoms with Gasteiger partial charge in [-0.1, -0.05) is 0 Å². The first-order chi connectivity index (χ1) is 7.70. The molecule has 0 aliphatic carbocycles. The molecule has 0 radical (unpaired) electrons. The summed E-state index contributed by atoms with van der Waals surface area (Å²) in [5, 5.41) is 7.52. The second-order valence-electron chi connectivity index (χ2n) is 3.75. The molecule has 1 unspecified atom stereocenters. The first kappa shape index (κ1) is 10.8. The van der Waals surface area contributed by atoms with Crippen molar-refractivity contribution in [2.75, 3.05) is 7.05 Å². The number of aryl methyl sites for hydroxylation is 2. The number of hydrogen-bond acceptors (Lipinski definition) is 4. The Morgan fingerprint density at radius 1 is 1.31 bits per heavy atom. The van der Waals surface area contributed by atoms with Crippen LogP contribution in [-0.4, -0.2) is 26.8 Å². The Kier molecular flexibility index (Phi) is 2.96. The fourth-order valence-electron chi connectivity index (χ4n) is 1.55. The van der Waals surface area contributed by atoms with Crippen LogP contribution in [0.2, 0.25) is 0 Å². The van der Waals surface area contributed by atoms with Crippen molar-refractivity contribution in [2.45, 2.75) is 13.0 Å². The number of rotatable bonds is 3. The van der Waals surface area contributed by atoms with Crippen molar-refractivity contribution < 1.29 is 0 Å². The first-order valence-corrected chi connectivity index (χ1v) is 5.16. The average Bonchev–Trinajstić information content (AvgIpc) is 2.69. The van der Waals surface area contributed by atoms with Crippen LogP contribution in [0.15, 0.2) is 24.7 Å². The molecule has 2 aromatic rings. The average molecular weight is 217 g/mol. The Morgan fingerprint density at radius 3 is 2.50 bits per heavy atom. The van der Waals surface area contributed by atoms with E-state index in [1.54, 1.807) is 4.68 Å². The zero-order chi connectivity index (χ0) is 11.5. The monoisotopic (exact) mass is 217 g/mol. The van der Waals surface area contributed by atoms with Crippen LogP contribution in [0.4, 0.5) is 0 Å². The lowest BCUT2D eigenvalue weighted by molar-refractivity contribution is 0.609. The molecule has 5 nitrogen and oxygen atoms in total. The minimum atomic E-state index is -0.0539. The second-order valence-corrected chi connectivity index (χ2v) is 3.75. The van der Waals surface area contributed by atoms with E-state index in [2.05, 4.69) is 20.4 Å². The van der Waals surface area contributed by atoms with Crippen molar-refractivity contribution >= 4 is 0 Å². The summed E-state index contributed by atoms with van der Waals surface area (Å²) >= 11 is 0. The zero-order valence-electron chi connectivity index (χ0n) is 9.68. The minimum absolute atomic E-state index is 0.0539. The third kappa shape index (κ3) is 2.09. The van der Waals surface area contributed by atoms with E-state index in [9.17, 15) is 0 Å². The van der Waals surface area contributed by atoms with E-state index in [1.807, 2.05) is 45.7 Å². The third-order valence-electron chi connectivity index (χ3n) is 2.38. The van der Waals surface area contributed by atoms with Crippen LogP contribution in [0.1, 0.15) is 23.1 Å². The van der Waals surface area contributed by atoms with Gasteiger partial charge >= 0.3 is 0 Å². The Bertz CT molecular complexity index is 459. The van der Waals surface area contributed by atoms with Gasteiger partial charge in [-0.3, -0.25) is 4.68 Å². The summed E-state index contributed by atoms with van der Waals surface area (Å²) in [7, 11) is 3.77. The standard InChI is InChI=1S/C11H15N5/c1-8-6-13-11(14-7-8)10(12-2)9-4-5-16(3)15-9/h4-7,10,12H,1-3H3. The Morgan fingerprint density at radius 2 is 2.00 bits per heavy atom. The maximum Gasteiger partial charge on any atom is 0.151 e. The molecule has 0 amide bonds. The van der Waals surface area contributed by atoms with Crippen LogP contribution in [-0.2, 0) is 7.05 Å². The van der Waals surface area contributed by atoms with E-state index in [-0.39, 0.29) is 6.04 Å². The largest absolute Gasteiger partial charge is 0.305 e. The molecule has 2 heterocycles. The van der Waals surface area contributed by atoms with Crippen molar-refractivity contribution in [3.8, 4) is 0 Å². The maximum absolute atomic E-state index is 4.35. The SMILES string of the molecule is CNC(c1ccn(C)n1)c1ncc(C)cn1. The topological polar surface area (TPSA) is 55.6 Å². The smallest absolute Gasteiger partial charge is 0.151 e. The van der Waals surface area contributed by atoms with Gasteiger partial charge in [0.15, 0.2) is 5.82 Å². The molecule has 5 heteroatoms. The van der Waals surface area contributed by atoms with Crippen molar-refractivity contribution in [2.24, 2.45) is 7.05 Å². The maximum atomic E-state index is 4.35. The van der Waals surface area contributed by atoms with E-state index in [4.69, 9.17) is 0 Å². The molecular formula is C11H15N5. The molecule has 0 saturated heterocycles. The summed E-state index contributed by atoms with van der Waals surface area (Å²) in [4.78, 5) is 8.62. The molecule has 0 aromatic carbocycles. The molecule has 0 fully saturated rings. The van der Waals surface area contributed by atoms with Gasteiger partial charge in [-0.25, -0.2) is 9.97 Å². The summed E-state index contributed by atoms with van der Waals surface area (Å²) in [6.07, 6.45) is 5.54. The van der Waals surface area contributed by atoms with Crippen LogP contribution in [0.5, 0.6) is 0 Å². The van der Waals surface area contributed by atoms with Crippen molar-refractivity contribution in [3.63, 3.8) is 0 Å². The summed E-state index contributed by atoms with van der Waals surface area (Å²) < 4.78 is 1.77. The zero-order valence-corrected chi connectivity index (χ0v) is 9.68. The van der Waals surface area contributed by atoms with Gasteiger partial charge in [0.1, 0.15) is 6.04 Å². The van der Waals surface area contributed by atoms with Crippen molar-refractivity contribution in [1.29, 1.82) is 0 Å². The van der Waals surface area contributed by atoms with Crippen molar-refractivity contribution in [1.82, 2.24) is 25.1 Å².